The molecule has 1 unspecified atom stereocenters. The van der Waals surface area contributed by atoms with Gasteiger partial charge in [0.05, 0.1) is 11.3 Å². The van der Waals surface area contributed by atoms with E-state index < -0.39 is 28.9 Å². The van der Waals surface area contributed by atoms with Crippen LogP contribution >= 0.6 is 11.8 Å². The van der Waals surface area contributed by atoms with Gasteiger partial charge in [0.25, 0.3) is 11.8 Å². The molecule has 12 nitrogen and oxygen atoms in total. The van der Waals surface area contributed by atoms with Gasteiger partial charge >= 0.3 is 5.97 Å². The molecule has 0 radical (unpaired) electrons. The highest BCUT2D eigenvalue weighted by Gasteiger charge is 2.56. The lowest BCUT2D eigenvalue weighted by Crippen LogP contribution is -2.70. The van der Waals surface area contributed by atoms with Crippen LogP contribution in [0.2, 0.25) is 0 Å². The zero-order valence-electron chi connectivity index (χ0n) is 22.4. The summed E-state index contributed by atoms with van der Waals surface area (Å²) in [6.07, 6.45) is 4.35. The van der Waals surface area contributed by atoms with Gasteiger partial charge in [0.1, 0.15) is 22.7 Å². The largest absolute Gasteiger partial charge is 0.477 e. The minimum Gasteiger partial charge on any atom is -0.477 e. The van der Waals surface area contributed by atoms with Crippen LogP contribution in [0.25, 0.3) is 0 Å². The van der Waals surface area contributed by atoms with Crippen molar-refractivity contribution in [1.82, 2.24) is 10.2 Å². The van der Waals surface area contributed by atoms with Gasteiger partial charge in [0.2, 0.25) is 12.8 Å². The van der Waals surface area contributed by atoms with E-state index in [0.29, 0.717) is 41.1 Å². The molecule has 0 spiro atoms. The second kappa shape index (κ2) is 11.5. The number of carbonyl (C=O) groups excluding carboxylic acids is 4. The summed E-state index contributed by atoms with van der Waals surface area (Å²) in [4.78, 5) is 69.8. The van der Waals surface area contributed by atoms with Crippen LogP contribution < -0.4 is 19.8 Å². The molecule has 1 aromatic heterocycles. The summed E-state index contributed by atoms with van der Waals surface area (Å²) in [5.41, 5.74) is 0.827. The number of anilines is 2. The molecule has 0 bridgehead atoms. The van der Waals surface area contributed by atoms with Gasteiger partial charge in [0, 0.05) is 30.1 Å². The molecule has 3 heterocycles. The Hall–Kier alpha value is -4.23. The molecule has 1 fully saturated rings. The van der Waals surface area contributed by atoms with Gasteiger partial charge in [0.15, 0.2) is 18.9 Å². The summed E-state index contributed by atoms with van der Waals surface area (Å²) in [5, 5.41) is 13.0. The second-order valence-corrected chi connectivity index (χ2v) is 11.2. The van der Waals surface area contributed by atoms with Gasteiger partial charge < -0.3 is 10.4 Å². The van der Waals surface area contributed by atoms with Crippen LogP contribution in [0.15, 0.2) is 60.1 Å². The Morgan fingerprint density at radius 1 is 1.20 bits per heavy atom. The molecule has 0 saturated carbocycles. The number of nitrogens with one attached hydrogen (secondary N) is 1. The zero-order chi connectivity index (χ0) is 29.2. The summed E-state index contributed by atoms with van der Waals surface area (Å²) in [7, 11) is 1.52. The number of thioether (sulfide) groups is 1. The van der Waals surface area contributed by atoms with Crippen LogP contribution in [0.3, 0.4) is 0 Å². The third-order valence-electron chi connectivity index (χ3n) is 6.21. The fraction of sp³-hybridized carbons (Fsp3) is 0.333. The summed E-state index contributed by atoms with van der Waals surface area (Å²) in [5.74, 6) is -1.77. The van der Waals surface area contributed by atoms with E-state index in [4.69, 9.17) is 4.84 Å². The number of aromatic nitrogens is 1. The summed E-state index contributed by atoms with van der Waals surface area (Å²) < 4.78 is 1.69. The van der Waals surface area contributed by atoms with Crippen molar-refractivity contribution >= 4 is 53.7 Å². The van der Waals surface area contributed by atoms with Gasteiger partial charge in [-0.15, -0.1) is 11.8 Å². The molecule has 4 amide bonds. The van der Waals surface area contributed by atoms with Crippen LogP contribution in [-0.2, 0) is 30.6 Å². The number of carbonyl (C=O) groups is 5. The highest BCUT2D eigenvalue weighted by Crippen LogP contribution is 2.43. The van der Waals surface area contributed by atoms with E-state index >= 15 is 0 Å². The highest BCUT2D eigenvalue weighted by molar-refractivity contribution is 8.00. The van der Waals surface area contributed by atoms with E-state index in [1.54, 1.807) is 74.1 Å². The summed E-state index contributed by atoms with van der Waals surface area (Å²) in [6, 6.07) is 8.82. The molecule has 1 aromatic carbocycles. The van der Waals surface area contributed by atoms with E-state index in [-0.39, 0.29) is 18.1 Å². The maximum absolute atomic E-state index is 13.4. The quantitative estimate of drug-likeness (QED) is 0.189. The molecule has 0 aliphatic carbocycles. The molecule has 2 N–H and O–H groups in total. The number of hydrogen-bond donors (Lipinski definition) is 2. The number of rotatable bonds is 10. The summed E-state index contributed by atoms with van der Waals surface area (Å²) >= 11 is 1.35. The Morgan fingerprint density at radius 2 is 1.93 bits per heavy atom. The zero-order valence-corrected chi connectivity index (χ0v) is 23.3. The first-order chi connectivity index (χ1) is 19.0. The first-order valence-electron chi connectivity index (χ1n) is 12.4. The number of hydroxylamine groups is 1. The van der Waals surface area contributed by atoms with Crippen molar-refractivity contribution in [3.63, 3.8) is 0 Å². The van der Waals surface area contributed by atoms with Crippen LogP contribution in [0, 0.1) is 0 Å². The van der Waals surface area contributed by atoms with Crippen LogP contribution in [0.1, 0.15) is 31.1 Å². The van der Waals surface area contributed by atoms with E-state index in [9.17, 15) is 29.1 Å². The van der Waals surface area contributed by atoms with Crippen molar-refractivity contribution in [3.05, 3.63) is 65.6 Å². The molecule has 210 valence electrons. The average molecular weight is 569 g/mol. The molecular formula is C27H30N5O7S+. The first-order valence-corrected chi connectivity index (χ1v) is 13.4. The minimum atomic E-state index is -1.25. The number of nitrogens with zero attached hydrogens (tertiary/aromatic N) is 4. The molecule has 4 rings (SSSR count). The SMILES string of the molecule is CNC(=O)c1ccc[n+](CC2=C(C(=O)O)N3C(=O)C(N(C=O)c4cccc(N(C=O)OC(C)(C)C)c4)[C@H]3SC2)c1. The third-order valence-corrected chi connectivity index (χ3v) is 7.53. The Labute approximate surface area is 235 Å². The smallest absolute Gasteiger partial charge is 0.352 e. The molecule has 2 aromatic rings. The number of β-lactam (4-membered cyclic amide) rings is 1. The third kappa shape index (κ3) is 5.70. The Morgan fingerprint density at radius 3 is 2.55 bits per heavy atom. The lowest BCUT2D eigenvalue weighted by molar-refractivity contribution is -0.689. The van der Waals surface area contributed by atoms with E-state index in [0.717, 1.165) is 5.06 Å². The molecule has 1 saturated heterocycles. The van der Waals surface area contributed by atoms with Crippen LogP contribution in [-0.4, -0.2) is 70.4 Å². The van der Waals surface area contributed by atoms with Gasteiger partial charge in [-0.25, -0.2) is 9.36 Å². The van der Waals surface area contributed by atoms with Crippen LogP contribution in [0.4, 0.5) is 11.4 Å². The van der Waals surface area contributed by atoms with Crippen molar-refractivity contribution in [3.8, 4) is 0 Å². The van der Waals surface area contributed by atoms with Crippen molar-refractivity contribution in [2.24, 2.45) is 0 Å². The van der Waals surface area contributed by atoms with Crippen molar-refractivity contribution in [2.75, 3.05) is 22.8 Å². The summed E-state index contributed by atoms with van der Waals surface area (Å²) in [6.45, 7) is 5.51. The molecule has 2 atom stereocenters. The number of fused-ring (bicyclic) bond motifs is 1. The lowest BCUT2D eigenvalue weighted by Gasteiger charge is -2.51. The second-order valence-electron chi connectivity index (χ2n) is 10.1. The highest BCUT2D eigenvalue weighted by atomic mass is 32.2. The van der Waals surface area contributed by atoms with Crippen LogP contribution in [0.5, 0.6) is 0 Å². The molecule has 13 heteroatoms. The monoisotopic (exact) mass is 568 g/mol. The topological polar surface area (TPSA) is 140 Å². The Kier molecular flexibility index (Phi) is 8.26. The van der Waals surface area contributed by atoms with E-state index in [2.05, 4.69) is 5.32 Å². The standard InChI is InChI=1S/C27H29N5O7S/c1-27(2,3)39-31(16-34)20-9-5-8-19(11-20)30(15-33)22-24(36)32-21(26(37)38)18(14-40-25(22)32)13-29-10-6-7-17(12-29)23(35)28-4/h5-12,15-16,22,25H,13-14H2,1-4H3,(H-,28,35,37,38)/p+1/t22?,25-/m1/s1. The fourth-order valence-electron chi connectivity index (χ4n) is 4.54. The van der Waals surface area contributed by atoms with Gasteiger partial charge in [-0.3, -0.25) is 33.8 Å². The number of carboxylic acids is 1. The fourth-order valence-corrected chi connectivity index (χ4v) is 5.92. The van der Waals surface area contributed by atoms with Crippen molar-refractivity contribution < 1.29 is 38.5 Å². The minimum absolute atomic E-state index is 0.131. The predicted octanol–water partition coefficient (Wildman–Crippen LogP) is 1.31. The number of carboxylic acid groups (broad SMARTS) is 1. The first kappa shape index (κ1) is 28.8. The molecule has 2 aliphatic heterocycles. The van der Waals surface area contributed by atoms with Gasteiger partial charge in [-0.05, 0) is 45.0 Å². The van der Waals surface area contributed by atoms with Gasteiger partial charge in [-0.1, -0.05) is 6.07 Å². The number of aliphatic carboxylic acids is 1. The normalized spacial score (nSPS) is 18.4. The Balaban J connectivity index is 1.60. The molecule has 2 aliphatic rings. The Bertz CT molecular complexity index is 1390. The van der Waals surface area contributed by atoms with Crippen molar-refractivity contribution in [1.29, 1.82) is 0 Å². The number of benzene rings is 1. The van der Waals surface area contributed by atoms with E-state index in [1.807, 2.05) is 0 Å². The molecular weight excluding hydrogens is 538 g/mol. The number of pyridine rings is 1. The predicted molar refractivity (Wildman–Crippen MR) is 146 cm³/mol. The average Bonchev–Trinajstić information content (AvgIpc) is 2.93. The maximum Gasteiger partial charge on any atom is 0.352 e. The lowest BCUT2D eigenvalue weighted by atomic mass is 10.0. The maximum atomic E-state index is 13.4. The van der Waals surface area contributed by atoms with Crippen molar-refractivity contribution in [2.45, 2.75) is 44.3 Å². The molecule has 40 heavy (non-hydrogen) atoms. The van der Waals surface area contributed by atoms with Gasteiger partial charge in [-0.2, -0.15) is 5.06 Å². The number of hydrogen-bond acceptors (Lipinski definition) is 7. The number of amides is 4. The van der Waals surface area contributed by atoms with E-state index in [1.165, 1.54) is 28.6 Å².